The van der Waals surface area contributed by atoms with Crippen LogP contribution in [0.2, 0.25) is 0 Å². The third kappa shape index (κ3) is 1.07. The molecule has 3 fully saturated rings. The zero-order chi connectivity index (χ0) is 9.60. The lowest BCUT2D eigenvalue weighted by Gasteiger charge is -2.53. The minimum absolute atomic E-state index is 0.370. The second-order valence-corrected chi connectivity index (χ2v) is 4.64. The number of nitrogens with one attached hydrogen (secondary N) is 1. The maximum atomic E-state index is 9.24. The van der Waals surface area contributed by atoms with Gasteiger partial charge in [-0.2, -0.15) is 0 Å². The SMILES string of the molecule is Oc1ccc(C23CCNC(C2)C3)cc1. The Kier molecular flexibility index (Phi) is 1.62. The van der Waals surface area contributed by atoms with Crippen molar-refractivity contribution in [2.75, 3.05) is 6.54 Å². The molecule has 0 radical (unpaired) electrons. The molecule has 2 bridgehead atoms. The summed E-state index contributed by atoms with van der Waals surface area (Å²) in [4.78, 5) is 0. The molecule has 74 valence electrons. The molecular formula is C12H15NO. The first-order valence-corrected chi connectivity index (χ1v) is 5.31. The van der Waals surface area contributed by atoms with E-state index < -0.39 is 0 Å². The van der Waals surface area contributed by atoms with Crippen LogP contribution in [0.4, 0.5) is 0 Å². The summed E-state index contributed by atoms with van der Waals surface area (Å²) in [7, 11) is 0. The van der Waals surface area contributed by atoms with Crippen molar-refractivity contribution >= 4 is 0 Å². The summed E-state index contributed by atoms with van der Waals surface area (Å²) in [6.45, 7) is 1.14. The first kappa shape index (κ1) is 8.30. The molecule has 2 aliphatic heterocycles. The number of phenols is 1. The molecule has 0 amide bonds. The molecule has 4 rings (SSSR count). The van der Waals surface area contributed by atoms with E-state index in [9.17, 15) is 5.11 Å². The number of hydrogen-bond acceptors (Lipinski definition) is 2. The third-order valence-corrected chi connectivity index (χ3v) is 3.79. The molecule has 2 heterocycles. The number of rotatable bonds is 1. The average Bonchev–Trinajstić information content (AvgIpc) is 2.18. The minimum atomic E-state index is 0.370. The van der Waals surface area contributed by atoms with Crippen molar-refractivity contribution in [3.8, 4) is 5.75 Å². The first-order valence-electron chi connectivity index (χ1n) is 5.31. The van der Waals surface area contributed by atoms with Crippen molar-refractivity contribution in [3.05, 3.63) is 29.8 Å². The van der Waals surface area contributed by atoms with E-state index in [-0.39, 0.29) is 0 Å². The zero-order valence-electron chi connectivity index (χ0n) is 8.16. The number of aromatic hydroxyl groups is 1. The molecule has 2 N–H and O–H groups in total. The summed E-state index contributed by atoms with van der Waals surface area (Å²) < 4.78 is 0. The highest BCUT2D eigenvalue weighted by Crippen LogP contribution is 2.49. The Morgan fingerprint density at radius 3 is 2.50 bits per heavy atom. The lowest BCUT2D eigenvalue weighted by Crippen LogP contribution is -2.58. The number of hydrogen-bond donors (Lipinski definition) is 2. The van der Waals surface area contributed by atoms with Crippen molar-refractivity contribution < 1.29 is 5.11 Å². The van der Waals surface area contributed by atoms with Crippen molar-refractivity contribution in [1.29, 1.82) is 0 Å². The van der Waals surface area contributed by atoms with E-state index in [0.717, 1.165) is 12.6 Å². The second kappa shape index (κ2) is 2.74. The molecule has 1 aliphatic carbocycles. The molecule has 0 aromatic heterocycles. The van der Waals surface area contributed by atoms with Gasteiger partial charge in [-0.1, -0.05) is 12.1 Å². The fraction of sp³-hybridized carbons (Fsp3) is 0.500. The second-order valence-electron chi connectivity index (χ2n) is 4.64. The highest BCUT2D eigenvalue weighted by molar-refractivity contribution is 5.35. The van der Waals surface area contributed by atoms with Gasteiger partial charge in [0.05, 0.1) is 0 Å². The van der Waals surface area contributed by atoms with Gasteiger partial charge in [-0.05, 0) is 48.9 Å². The Bertz CT molecular complexity index is 332. The molecule has 1 saturated carbocycles. The predicted molar refractivity (Wildman–Crippen MR) is 55.4 cm³/mol. The molecule has 14 heavy (non-hydrogen) atoms. The zero-order valence-corrected chi connectivity index (χ0v) is 8.16. The molecule has 0 spiro atoms. The van der Waals surface area contributed by atoms with Crippen molar-refractivity contribution in [1.82, 2.24) is 5.32 Å². The molecule has 0 atom stereocenters. The molecule has 2 nitrogen and oxygen atoms in total. The van der Waals surface area contributed by atoms with E-state index in [0.29, 0.717) is 11.2 Å². The smallest absolute Gasteiger partial charge is 0.115 e. The van der Waals surface area contributed by atoms with Crippen LogP contribution >= 0.6 is 0 Å². The van der Waals surface area contributed by atoms with Crippen LogP contribution in [0.25, 0.3) is 0 Å². The maximum Gasteiger partial charge on any atom is 0.115 e. The Morgan fingerprint density at radius 2 is 1.93 bits per heavy atom. The van der Waals surface area contributed by atoms with E-state index >= 15 is 0 Å². The lowest BCUT2D eigenvalue weighted by atomic mass is 9.57. The van der Waals surface area contributed by atoms with E-state index in [1.165, 1.54) is 24.8 Å². The Morgan fingerprint density at radius 1 is 1.21 bits per heavy atom. The standard InChI is InChI=1S/C12H15NO/c14-11-3-1-9(2-4-11)12-5-6-13-10(7-12)8-12/h1-4,10,13-14H,5-8H2. The fourth-order valence-corrected chi connectivity index (χ4v) is 2.94. The molecule has 2 heteroatoms. The van der Waals surface area contributed by atoms with Crippen LogP contribution in [-0.2, 0) is 5.41 Å². The van der Waals surface area contributed by atoms with Crippen LogP contribution in [0.15, 0.2) is 24.3 Å². The van der Waals surface area contributed by atoms with Gasteiger partial charge in [0, 0.05) is 6.04 Å². The van der Waals surface area contributed by atoms with E-state index in [1.807, 2.05) is 0 Å². The van der Waals surface area contributed by atoms with Crippen molar-refractivity contribution in [2.45, 2.75) is 30.7 Å². The summed E-state index contributed by atoms with van der Waals surface area (Å²) >= 11 is 0. The first-order chi connectivity index (χ1) is 6.78. The third-order valence-electron chi connectivity index (χ3n) is 3.79. The topological polar surface area (TPSA) is 32.3 Å². The van der Waals surface area contributed by atoms with Gasteiger partial charge in [0.15, 0.2) is 0 Å². The summed E-state index contributed by atoms with van der Waals surface area (Å²) in [6, 6.07) is 8.52. The monoisotopic (exact) mass is 189 g/mol. The van der Waals surface area contributed by atoms with Crippen LogP contribution in [-0.4, -0.2) is 17.7 Å². The van der Waals surface area contributed by atoms with Gasteiger partial charge in [0.25, 0.3) is 0 Å². The summed E-state index contributed by atoms with van der Waals surface area (Å²) in [6.07, 6.45) is 3.80. The molecule has 2 saturated heterocycles. The Hall–Kier alpha value is -1.02. The lowest BCUT2D eigenvalue weighted by molar-refractivity contribution is 0.110. The predicted octanol–water partition coefficient (Wildman–Crippen LogP) is 1.79. The van der Waals surface area contributed by atoms with Gasteiger partial charge in [-0.15, -0.1) is 0 Å². The molecule has 3 aliphatic rings. The van der Waals surface area contributed by atoms with Crippen LogP contribution in [0, 0.1) is 0 Å². The minimum Gasteiger partial charge on any atom is -0.508 e. The van der Waals surface area contributed by atoms with Gasteiger partial charge >= 0.3 is 0 Å². The highest BCUT2D eigenvalue weighted by atomic mass is 16.3. The largest absolute Gasteiger partial charge is 0.508 e. The van der Waals surface area contributed by atoms with Gasteiger partial charge in [0.2, 0.25) is 0 Å². The van der Waals surface area contributed by atoms with E-state index in [1.54, 1.807) is 12.1 Å². The Labute approximate surface area is 84.0 Å². The average molecular weight is 189 g/mol. The van der Waals surface area contributed by atoms with Crippen molar-refractivity contribution in [2.24, 2.45) is 0 Å². The van der Waals surface area contributed by atoms with Gasteiger partial charge in [-0.25, -0.2) is 0 Å². The van der Waals surface area contributed by atoms with Crippen LogP contribution in [0.1, 0.15) is 24.8 Å². The molecule has 0 unspecified atom stereocenters. The quantitative estimate of drug-likeness (QED) is 0.706. The van der Waals surface area contributed by atoms with E-state index in [2.05, 4.69) is 17.4 Å². The number of fused-ring (bicyclic) bond motifs is 2. The summed E-state index contributed by atoms with van der Waals surface area (Å²) in [5.41, 5.74) is 1.84. The van der Waals surface area contributed by atoms with Crippen LogP contribution in [0.5, 0.6) is 5.75 Å². The number of phenolic OH excluding ortho intramolecular Hbond substituents is 1. The Balaban J connectivity index is 1.91. The van der Waals surface area contributed by atoms with Gasteiger partial charge in [0.1, 0.15) is 5.75 Å². The maximum absolute atomic E-state index is 9.24. The fourth-order valence-electron chi connectivity index (χ4n) is 2.94. The van der Waals surface area contributed by atoms with Crippen LogP contribution in [0.3, 0.4) is 0 Å². The highest BCUT2D eigenvalue weighted by Gasteiger charge is 2.47. The number of benzene rings is 1. The van der Waals surface area contributed by atoms with Gasteiger partial charge < -0.3 is 10.4 Å². The number of piperidine rings is 2. The molecular weight excluding hydrogens is 174 g/mol. The molecule has 1 aromatic carbocycles. The van der Waals surface area contributed by atoms with E-state index in [4.69, 9.17) is 0 Å². The normalized spacial score (nSPS) is 35.0. The summed E-state index contributed by atoms with van der Waals surface area (Å²) in [5.74, 6) is 0.370. The summed E-state index contributed by atoms with van der Waals surface area (Å²) in [5, 5.41) is 12.7. The van der Waals surface area contributed by atoms with Crippen molar-refractivity contribution in [3.63, 3.8) is 0 Å². The van der Waals surface area contributed by atoms with Crippen LogP contribution < -0.4 is 5.32 Å². The molecule has 1 aromatic rings. The van der Waals surface area contributed by atoms with Gasteiger partial charge in [-0.3, -0.25) is 0 Å².